The minimum atomic E-state index is -0.479. The Morgan fingerprint density at radius 2 is 1.60 bits per heavy atom. The molecule has 4 nitrogen and oxygen atoms in total. The molecule has 7 heteroatoms. The summed E-state index contributed by atoms with van der Waals surface area (Å²) in [6.07, 6.45) is 1.56. The van der Waals surface area contributed by atoms with Crippen molar-refractivity contribution in [2.75, 3.05) is 7.05 Å². The number of hydrogen-bond acceptors (Lipinski definition) is 4. The van der Waals surface area contributed by atoms with Gasteiger partial charge in [0.1, 0.15) is 5.57 Å². The van der Waals surface area contributed by atoms with E-state index in [0.29, 0.717) is 5.02 Å². The Kier molecular flexibility index (Phi) is 5.22. The Morgan fingerprint density at radius 3 is 2.20 bits per heavy atom. The lowest BCUT2D eigenvalue weighted by Gasteiger charge is -2.25. The van der Waals surface area contributed by atoms with Gasteiger partial charge in [0.05, 0.1) is 0 Å². The van der Waals surface area contributed by atoms with Gasteiger partial charge in [-0.05, 0) is 60.3 Å². The standard InChI is InChI=1S/C18H13ClN2O2S2/c1-21-17(23)15(16(22)20-18(21)24)10-11-2-6-13(7-3-11)25-14-8-4-12(19)5-9-14/h2-10H,1H3,(H,20,22,24)/b15-10+. The second-order valence-electron chi connectivity index (χ2n) is 5.31. The molecule has 0 aromatic heterocycles. The van der Waals surface area contributed by atoms with Crippen LogP contribution in [0.4, 0.5) is 0 Å². The van der Waals surface area contributed by atoms with Crippen LogP contribution in [0.3, 0.4) is 0 Å². The van der Waals surface area contributed by atoms with Crippen molar-refractivity contribution in [1.29, 1.82) is 0 Å². The predicted molar refractivity (Wildman–Crippen MR) is 104 cm³/mol. The summed E-state index contributed by atoms with van der Waals surface area (Å²) in [5, 5.41) is 3.31. The SMILES string of the molecule is CN1C(=O)/C(=C/c2ccc(Sc3ccc(Cl)cc3)cc2)C(=O)NC1=S. The Labute approximate surface area is 159 Å². The molecule has 25 heavy (non-hydrogen) atoms. The molecule has 1 N–H and O–H groups in total. The summed E-state index contributed by atoms with van der Waals surface area (Å²) >= 11 is 12.4. The van der Waals surface area contributed by atoms with Crippen molar-refractivity contribution in [2.45, 2.75) is 9.79 Å². The van der Waals surface area contributed by atoms with Gasteiger partial charge in [-0.15, -0.1) is 0 Å². The summed E-state index contributed by atoms with van der Waals surface area (Å²) in [7, 11) is 1.53. The normalized spacial score (nSPS) is 16.3. The summed E-state index contributed by atoms with van der Waals surface area (Å²) in [5.74, 6) is -0.888. The topological polar surface area (TPSA) is 49.4 Å². The molecule has 1 saturated heterocycles. The zero-order chi connectivity index (χ0) is 18.0. The van der Waals surface area contributed by atoms with Crippen molar-refractivity contribution in [3.8, 4) is 0 Å². The number of rotatable bonds is 3. The largest absolute Gasteiger partial charge is 0.298 e. The Balaban J connectivity index is 1.78. The van der Waals surface area contributed by atoms with Gasteiger partial charge < -0.3 is 0 Å². The molecule has 2 aromatic carbocycles. The first-order chi connectivity index (χ1) is 11.9. The van der Waals surface area contributed by atoms with Gasteiger partial charge in [-0.3, -0.25) is 19.8 Å². The average Bonchev–Trinajstić information content (AvgIpc) is 2.60. The van der Waals surface area contributed by atoms with Crippen LogP contribution in [0.1, 0.15) is 5.56 Å². The van der Waals surface area contributed by atoms with Crippen molar-refractivity contribution >= 4 is 58.6 Å². The maximum absolute atomic E-state index is 12.2. The van der Waals surface area contributed by atoms with E-state index in [0.717, 1.165) is 15.4 Å². The minimum absolute atomic E-state index is 0.0641. The van der Waals surface area contributed by atoms with E-state index < -0.39 is 11.8 Å². The monoisotopic (exact) mass is 388 g/mol. The molecule has 0 bridgehead atoms. The lowest BCUT2D eigenvalue weighted by atomic mass is 10.1. The number of thiocarbonyl (C=S) groups is 1. The molecule has 3 rings (SSSR count). The first-order valence-corrected chi connectivity index (χ1v) is 8.93. The number of nitrogens with zero attached hydrogens (tertiary/aromatic N) is 1. The fourth-order valence-corrected chi connectivity index (χ4v) is 3.30. The number of carbonyl (C=O) groups excluding carboxylic acids is 2. The third-order valence-corrected chi connectivity index (χ3v) is 5.19. The number of benzene rings is 2. The van der Waals surface area contributed by atoms with Gasteiger partial charge >= 0.3 is 0 Å². The van der Waals surface area contributed by atoms with Crippen LogP contribution < -0.4 is 5.32 Å². The average molecular weight is 389 g/mol. The molecular formula is C18H13ClN2O2S2. The maximum Gasteiger partial charge on any atom is 0.265 e. The van der Waals surface area contributed by atoms with Gasteiger partial charge in [-0.2, -0.15) is 0 Å². The van der Waals surface area contributed by atoms with Gasteiger partial charge in [0, 0.05) is 21.9 Å². The first kappa shape index (κ1) is 17.7. The quantitative estimate of drug-likeness (QED) is 0.494. The molecule has 0 radical (unpaired) electrons. The van der Waals surface area contributed by atoms with E-state index in [2.05, 4.69) is 5.32 Å². The molecule has 126 valence electrons. The highest BCUT2D eigenvalue weighted by molar-refractivity contribution is 7.99. The maximum atomic E-state index is 12.2. The summed E-state index contributed by atoms with van der Waals surface area (Å²) in [6, 6.07) is 15.2. The molecule has 1 aliphatic rings. The molecule has 1 heterocycles. The highest BCUT2D eigenvalue weighted by Gasteiger charge is 2.30. The van der Waals surface area contributed by atoms with Crippen LogP contribution in [0, 0.1) is 0 Å². The summed E-state index contributed by atoms with van der Waals surface area (Å²) < 4.78 is 0. The van der Waals surface area contributed by atoms with E-state index in [9.17, 15) is 9.59 Å². The summed E-state index contributed by atoms with van der Waals surface area (Å²) in [6.45, 7) is 0. The second-order valence-corrected chi connectivity index (χ2v) is 7.28. The third kappa shape index (κ3) is 4.10. The minimum Gasteiger partial charge on any atom is -0.298 e. The van der Waals surface area contributed by atoms with Crippen LogP contribution >= 0.6 is 35.6 Å². The van der Waals surface area contributed by atoms with Crippen molar-refractivity contribution in [2.24, 2.45) is 0 Å². The van der Waals surface area contributed by atoms with Gasteiger partial charge in [-0.25, -0.2) is 0 Å². The Bertz CT molecular complexity index is 877. The van der Waals surface area contributed by atoms with Crippen LogP contribution in [0.15, 0.2) is 63.9 Å². The second kappa shape index (κ2) is 7.39. The van der Waals surface area contributed by atoms with E-state index in [-0.39, 0.29) is 10.7 Å². The first-order valence-electron chi connectivity index (χ1n) is 7.32. The van der Waals surface area contributed by atoms with Gasteiger partial charge in [-0.1, -0.05) is 35.5 Å². The molecule has 1 aliphatic heterocycles. The zero-order valence-corrected chi connectivity index (χ0v) is 15.5. The van der Waals surface area contributed by atoms with Crippen LogP contribution in [0.2, 0.25) is 5.02 Å². The van der Waals surface area contributed by atoms with Crippen LogP contribution in [-0.2, 0) is 9.59 Å². The Morgan fingerprint density at radius 1 is 1.04 bits per heavy atom. The summed E-state index contributed by atoms with van der Waals surface area (Å²) in [4.78, 5) is 27.5. The lowest BCUT2D eigenvalue weighted by Crippen LogP contribution is -2.52. The number of carbonyl (C=O) groups is 2. The van der Waals surface area contributed by atoms with E-state index in [4.69, 9.17) is 23.8 Å². The van der Waals surface area contributed by atoms with Gasteiger partial charge in [0.2, 0.25) is 0 Å². The number of halogens is 1. The molecule has 2 amide bonds. The molecule has 0 unspecified atom stereocenters. The van der Waals surface area contributed by atoms with Gasteiger partial charge in [0.25, 0.3) is 11.8 Å². The summed E-state index contributed by atoms with van der Waals surface area (Å²) in [5.41, 5.74) is 0.828. The van der Waals surface area contributed by atoms with Crippen molar-refractivity contribution in [3.63, 3.8) is 0 Å². The highest BCUT2D eigenvalue weighted by atomic mass is 35.5. The number of nitrogens with one attached hydrogen (secondary N) is 1. The third-order valence-electron chi connectivity index (χ3n) is 3.55. The van der Waals surface area contributed by atoms with Crippen LogP contribution in [0.25, 0.3) is 6.08 Å². The molecule has 0 spiro atoms. The molecule has 1 fully saturated rings. The molecule has 0 atom stereocenters. The fourth-order valence-electron chi connectivity index (χ4n) is 2.18. The predicted octanol–water partition coefficient (Wildman–Crippen LogP) is 3.75. The van der Waals surface area contributed by atoms with E-state index in [1.54, 1.807) is 17.8 Å². The fraction of sp³-hybridized carbons (Fsp3) is 0.0556. The number of likely N-dealkylation sites (N-methyl/N-ethyl adjacent to an activating group) is 1. The van der Waals surface area contributed by atoms with Crippen molar-refractivity contribution in [3.05, 3.63) is 64.7 Å². The van der Waals surface area contributed by atoms with Crippen molar-refractivity contribution < 1.29 is 9.59 Å². The van der Waals surface area contributed by atoms with E-state index >= 15 is 0 Å². The molecule has 2 aromatic rings. The molecule has 0 aliphatic carbocycles. The van der Waals surface area contributed by atoms with Gasteiger partial charge in [0.15, 0.2) is 5.11 Å². The van der Waals surface area contributed by atoms with Crippen LogP contribution in [0.5, 0.6) is 0 Å². The van der Waals surface area contributed by atoms with E-state index in [1.165, 1.54) is 11.9 Å². The van der Waals surface area contributed by atoms with Crippen molar-refractivity contribution in [1.82, 2.24) is 10.2 Å². The number of hydrogen-bond donors (Lipinski definition) is 1. The Hall–Kier alpha value is -2.15. The molecular weight excluding hydrogens is 376 g/mol. The van der Waals surface area contributed by atoms with E-state index in [1.807, 2.05) is 48.5 Å². The molecule has 0 saturated carbocycles. The smallest absolute Gasteiger partial charge is 0.265 e. The highest BCUT2D eigenvalue weighted by Crippen LogP contribution is 2.29. The van der Waals surface area contributed by atoms with Crippen LogP contribution in [-0.4, -0.2) is 28.9 Å². The zero-order valence-electron chi connectivity index (χ0n) is 13.2. The number of amides is 2. The lowest BCUT2D eigenvalue weighted by molar-refractivity contribution is -0.128.